The lowest BCUT2D eigenvalue weighted by Gasteiger charge is -2.08. The van der Waals surface area contributed by atoms with Gasteiger partial charge >= 0.3 is 0 Å². The Kier molecular flexibility index (Phi) is 7.49. The lowest BCUT2D eigenvalue weighted by Crippen LogP contribution is -2.23. The summed E-state index contributed by atoms with van der Waals surface area (Å²) in [7, 11) is 1.63. The Hall–Kier alpha value is -2.83. The topological polar surface area (TPSA) is 65.4 Å². The Morgan fingerprint density at radius 3 is 2.37 bits per heavy atom. The zero-order valence-corrected chi connectivity index (χ0v) is 18.2. The predicted molar refractivity (Wildman–Crippen MR) is 117 cm³/mol. The molecule has 158 valence electrons. The highest BCUT2D eigenvalue weighted by atomic mass is 35.5. The van der Waals surface area contributed by atoms with Gasteiger partial charge in [-0.15, -0.1) is 0 Å². The van der Waals surface area contributed by atoms with Gasteiger partial charge in [0.2, 0.25) is 0 Å². The van der Waals surface area contributed by atoms with Crippen LogP contribution in [0.4, 0.5) is 0 Å². The summed E-state index contributed by atoms with van der Waals surface area (Å²) >= 11 is 6.48. The number of methoxy groups -OCH3 is 1. The molecule has 1 amide bonds. The summed E-state index contributed by atoms with van der Waals surface area (Å²) in [6.45, 7) is 5.76. The molecule has 6 nitrogen and oxygen atoms in total. The first-order chi connectivity index (χ1) is 14.5. The van der Waals surface area contributed by atoms with Crippen molar-refractivity contribution in [2.75, 3.05) is 20.3 Å². The van der Waals surface area contributed by atoms with E-state index in [0.29, 0.717) is 42.7 Å². The Morgan fingerprint density at radius 1 is 1.03 bits per heavy atom. The molecule has 2 aromatic carbocycles. The molecule has 30 heavy (non-hydrogen) atoms. The van der Waals surface area contributed by atoms with Crippen molar-refractivity contribution in [3.63, 3.8) is 0 Å². The predicted octanol–water partition coefficient (Wildman–Crippen LogP) is 4.16. The quantitative estimate of drug-likeness (QED) is 0.521. The average Bonchev–Trinajstić information content (AvgIpc) is 3.02. The first kappa shape index (κ1) is 21.9. The monoisotopic (exact) mass is 427 g/mol. The van der Waals surface area contributed by atoms with Crippen LogP contribution in [0.15, 0.2) is 48.5 Å². The smallest absolute Gasteiger partial charge is 0.256 e. The number of nitrogens with one attached hydrogen (secondary N) is 1. The average molecular weight is 428 g/mol. The van der Waals surface area contributed by atoms with Crippen LogP contribution in [0.1, 0.15) is 32.7 Å². The highest BCUT2D eigenvalue weighted by Gasteiger charge is 2.20. The van der Waals surface area contributed by atoms with Gasteiger partial charge < -0.3 is 14.8 Å². The standard InChI is InChI=1S/C23H26ClN3O3/c1-16-4-6-19(7-5-16)15-27-22(24)21(17(2)26-27)23(28)25-14-18-8-10-20(11-9-18)30-13-12-29-3/h4-11H,12-15H2,1-3H3,(H,25,28). The fourth-order valence-corrected chi connectivity index (χ4v) is 3.32. The Balaban J connectivity index is 1.61. The zero-order chi connectivity index (χ0) is 21.5. The summed E-state index contributed by atoms with van der Waals surface area (Å²) in [6, 6.07) is 15.7. The van der Waals surface area contributed by atoms with E-state index in [2.05, 4.69) is 10.4 Å². The second kappa shape index (κ2) is 10.3. The maximum Gasteiger partial charge on any atom is 0.256 e. The maximum absolute atomic E-state index is 12.7. The molecule has 0 aliphatic rings. The van der Waals surface area contributed by atoms with Gasteiger partial charge in [0.05, 0.1) is 24.4 Å². The van der Waals surface area contributed by atoms with Crippen LogP contribution in [-0.4, -0.2) is 36.0 Å². The van der Waals surface area contributed by atoms with Crippen LogP contribution < -0.4 is 10.1 Å². The van der Waals surface area contributed by atoms with Crippen LogP contribution in [0.2, 0.25) is 5.15 Å². The molecule has 0 aliphatic heterocycles. The number of rotatable bonds is 9. The van der Waals surface area contributed by atoms with E-state index in [0.717, 1.165) is 16.9 Å². The highest BCUT2D eigenvalue weighted by molar-refractivity contribution is 6.33. The molecule has 0 spiro atoms. The fraction of sp³-hybridized carbons (Fsp3) is 0.304. The van der Waals surface area contributed by atoms with Crippen LogP contribution in [-0.2, 0) is 17.8 Å². The van der Waals surface area contributed by atoms with Gasteiger partial charge in [-0.1, -0.05) is 53.6 Å². The molecule has 1 aromatic heterocycles. The van der Waals surface area contributed by atoms with Gasteiger partial charge in [-0.25, -0.2) is 4.68 Å². The summed E-state index contributed by atoms with van der Waals surface area (Å²) in [5.41, 5.74) is 4.24. The van der Waals surface area contributed by atoms with Crippen LogP contribution >= 0.6 is 11.6 Å². The third-order valence-corrected chi connectivity index (χ3v) is 5.06. The third kappa shape index (κ3) is 5.62. The number of nitrogens with zero attached hydrogens (tertiary/aromatic N) is 2. The van der Waals surface area contributed by atoms with E-state index in [1.54, 1.807) is 18.7 Å². The van der Waals surface area contributed by atoms with E-state index in [-0.39, 0.29) is 5.91 Å². The third-order valence-electron chi connectivity index (χ3n) is 4.68. The molecule has 0 radical (unpaired) electrons. The molecule has 3 aromatic rings. The van der Waals surface area contributed by atoms with E-state index < -0.39 is 0 Å². The molecule has 0 fully saturated rings. The summed E-state index contributed by atoms with van der Waals surface area (Å²) in [5.74, 6) is 0.520. The van der Waals surface area contributed by atoms with Gasteiger partial charge in [-0.2, -0.15) is 5.10 Å². The highest BCUT2D eigenvalue weighted by Crippen LogP contribution is 2.21. The van der Waals surface area contributed by atoms with Crippen molar-refractivity contribution in [3.05, 3.63) is 81.6 Å². The molecular formula is C23H26ClN3O3. The minimum absolute atomic E-state index is 0.243. The summed E-state index contributed by atoms with van der Waals surface area (Å²) in [6.07, 6.45) is 0. The van der Waals surface area contributed by atoms with E-state index in [1.807, 2.05) is 55.5 Å². The Labute approximate surface area is 181 Å². The summed E-state index contributed by atoms with van der Waals surface area (Å²) < 4.78 is 12.2. The number of amides is 1. The summed E-state index contributed by atoms with van der Waals surface area (Å²) in [4.78, 5) is 12.7. The van der Waals surface area contributed by atoms with Crippen molar-refractivity contribution in [2.45, 2.75) is 26.9 Å². The number of aromatic nitrogens is 2. The largest absolute Gasteiger partial charge is 0.491 e. The molecule has 0 saturated heterocycles. The van der Waals surface area contributed by atoms with Crippen LogP contribution in [0.5, 0.6) is 5.75 Å². The molecule has 0 bridgehead atoms. The molecule has 0 atom stereocenters. The molecule has 0 saturated carbocycles. The van der Waals surface area contributed by atoms with Gasteiger partial charge in [0.1, 0.15) is 17.5 Å². The number of aryl methyl sites for hydroxylation is 2. The first-order valence-corrected chi connectivity index (χ1v) is 10.1. The van der Waals surface area contributed by atoms with Crippen LogP contribution in [0.3, 0.4) is 0 Å². The number of hydrogen-bond donors (Lipinski definition) is 1. The van der Waals surface area contributed by atoms with Crippen LogP contribution in [0, 0.1) is 13.8 Å². The van der Waals surface area contributed by atoms with Gasteiger partial charge in [-0.3, -0.25) is 4.79 Å². The van der Waals surface area contributed by atoms with Crippen molar-refractivity contribution < 1.29 is 14.3 Å². The van der Waals surface area contributed by atoms with E-state index in [9.17, 15) is 4.79 Å². The van der Waals surface area contributed by atoms with Crippen molar-refractivity contribution in [2.24, 2.45) is 0 Å². The minimum Gasteiger partial charge on any atom is -0.491 e. The first-order valence-electron chi connectivity index (χ1n) is 9.75. The van der Waals surface area contributed by atoms with Gasteiger partial charge in [-0.05, 0) is 37.1 Å². The van der Waals surface area contributed by atoms with Crippen LogP contribution in [0.25, 0.3) is 0 Å². The molecule has 7 heteroatoms. The Bertz CT molecular complexity index is 982. The van der Waals surface area contributed by atoms with E-state index in [1.165, 1.54) is 5.56 Å². The SMILES string of the molecule is COCCOc1ccc(CNC(=O)c2c(C)nn(Cc3ccc(C)cc3)c2Cl)cc1. The number of halogens is 1. The normalized spacial score (nSPS) is 10.8. The molecule has 3 rings (SSSR count). The van der Waals surface area contributed by atoms with Crippen molar-refractivity contribution in [1.29, 1.82) is 0 Å². The molecule has 1 heterocycles. The zero-order valence-electron chi connectivity index (χ0n) is 17.4. The minimum atomic E-state index is -0.243. The number of carbonyl (C=O) groups excluding carboxylic acids is 1. The van der Waals surface area contributed by atoms with Crippen molar-refractivity contribution in [1.82, 2.24) is 15.1 Å². The maximum atomic E-state index is 12.7. The molecule has 1 N–H and O–H groups in total. The van der Waals surface area contributed by atoms with Gasteiger partial charge in [0.25, 0.3) is 5.91 Å². The number of carbonyl (C=O) groups is 1. The summed E-state index contributed by atoms with van der Waals surface area (Å²) in [5, 5.41) is 7.70. The second-order valence-corrected chi connectivity index (χ2v) is 7.42. The number of ether oxygens (including phenoxy) is 2. The molecule has 0 unspecified atom stereocenters. The number of benzene rings is 2. The van der Waals surface area contributed by atoms with Crippen molar-refractivity contribution in [3.8, 4) is 5.75 Å². The van der Waals surface area contributed by atoms with Gasteiger partial charge in [0.15, 0.2) is 0 Å². The lowest BCUT2D eigenvalue weighted by atomic mass is 10.1. The van der Waals surface area contributed by atoms with E-state index in [4.69, 9.17) is 21.1 Å². The fourth-order valence-electron chi connectivity index (χ4n) is 3.00. The van der Waals surface area contributed by atoms with Gasteiger partial charge in [0, 0.05) is 13.7 Å². The molecular weight excluding hydrogens is 402 g/mol. The lowest BCUT2D eigenvalue weighted by molar-refractivity contribution is 0.0950. The molecule has 0 aliphatic carbocycles. The van der Waals surface area contributed by atoms with E-state index >= 15 is 0 Å². The Morgan fingerprint density at radius 2 is 1.70 bits per heavy atom. The number of hydrogen-bond acceptors (Lipinski definition) is 4. The van der Waals surface area contributed by atoms with Crippen molar-refractivity contribution >= 4 is 17.5 Å². The second-order valence-electron chi connectivity index (χ2n) is 7.06.